The molecule has 0 saturated carbocycles. The molecule has 0 radical (unpaired) electrons. The van der Waals surface area contributed by atoms with Crippen LogP contribution < -0.4 is 4.90 Å². The molecule has 0 amide bonds. The molecule has 0 saturated heterocycles. The van der Waals surface area contributed by atoms with Crippen molar-refractivity contribution < 1.29 is 0 Å². The number of H-pyrrole nitrogens is 1. The summed E-state index contributed by atoms with van der Waals surface area (Å²) in [6.07, 6.45) is 1.79. The number of nitrogens with zero attached hydrogens (tertiary/aromatic N) is 4. The van der Waals surface area contributed by atoms with Crippen molar-refractivity contribution in [3.8, 4) is 0 Å². The van der Waals surface area contributed by atoms with Gasteiger partial charge in [0.1, 0.15) is 5.82 Å². The number of aromatic nitrogens is 3. The molecule has 0 aliphatic heterocycles. The molecule has 1 N–H and O–H groups in total. The van der Waals surface area contributed by atoms with Gasteiger partial charge >= 0.3 is 0 Å². The molecule has 0 fully saturated rings. The Morgan fingerprint density at radius 2 is 1.88 bits per heavy atom. The number of hydrogen-bond acceptors (Lipinski definition) is 4. The Balaban J connectivity index is 1.73. The van der Waals surface area contributed by atoms with Crippen molar-refractivity contribution in [3.63, 3.8) is 0 Å². The summed E-state index contributed by atoms with van der Waals surface area (Å²) in [4.78, 5) is 2.34. The molecule has 3 aromatic rings. The molecular weight excluding hydrogens is 330 g/mol. The van der Waals surface area contributed by atoms with E-state index in [0.717, 1.165) is 24.5 Å². The Labute approximate surface area is 152 Å². The maximum atomic E-state index is 5.15. The Morgan fingerprint density at radius 1 is 1.16 bits per heavy atom. The number of hydrogen-bond donors (Lipinski definition) is 1. The molecule has 0 spiro atoms. The molecule has 25 heavy (non-hydrogen) atoms. The van der Waals surface area contributed by atoms with E-state index < -0.39 is 0 Å². The summed E-state index contributed by atoms with van der Waals surface area (Å²) in [5, 5.41) is 11.1. The number of nitrogens with one attached hydrogen (secondary N) is 1. The molecule has 3 rings (SSSR count). The monoisotopic (exact) mass is 351 g/mol. The summed E-state index contributed by atoms with van der Waals surface area (Å²) in [5.41, 5.74) is 3.52. The van der Waals surface area contributed by atoms with Crippen LogP contribution >= 0.6 is 12.2 Å². The van der Waals surface area contributed by atoms with Crippen LogP contribution in [0.15, 0.2) is 59.7 Å². The van der Waals surface area contributed by atoms with E-state index in [0.29, 0.717) is 4.77 Å². The largest absolute Gasteiger partial charge is 0.367 e. The van der Waals surface area contributed by atoms with E-state index in [1.165, 1.54) is 11.3 Å². The maximum Gasteiger partial charge on any atom is 0.216 e. The van der Waals surface area contributed by atoms with Crippen LogP contribution in [0.1, 0.15) is 23.9 Å². The minimum atomic E-state index is 0.491. The highest BCUT2D eigenvalue weighted by Gasteiger charge is 2.05. The zero-order chi connectivity index (χ0) is 17.6. The van der Waals surface area contributed by atoms with E-state index >= 15 is 0 Å². The number of aromatic amines is 1. The lowest BCUT2D eigenvalue weighted by atomic mass is 10.1. The van der Waals surface area contributed by atoms with Crippen molar-refractivity contribution in [2.45, 2.75) is 20.4 Å². The highest BCUT2D eigenvalue weighted by Crippen LogP contribution is 2.17. The highest BCUT2D eigenvalue weighted by molar-refractivity contribution is 7.71. The molecule has 1 heterocycles. The Morgan fingerprint density at radius 3 is 2.48 bits per heavy atom. The molecule has 0 unspecified atom stereocenters. The quantitative estimate of drug-likeness (QED) is 0.536. The number of aryl methyl sites for hydroxylation is 1. The Hall–Kier alpha value is -2.73. The fourth-order valence-corrected chi connectivity index (χ4v) is 2.82. The van der Waals surface area contributed by atoms with Crippen LogP contribution in [0.3, 0.4) is 0 Å². The van der Waals surface area contributed by atoms with Gasteiger partial charge in [-0.2, -0.15) is 14.9 Å². The van der Waals surface area contributed by atoms with E-state index in [4.69, 9.17) is 12.2 Å². The minimum absolute atomic E-state index is 0.491. The molecule has 0 atom stereocenters. The van der Waals surface area contributed by atoms with Gasteiger partial charge in [0.25, 0.3) is 0 Å². The molecule has 0 aliphatic carbocycles. The fraction of sp³-hybridized carbons (Fsp3) is 0.211. The minimum Gasteiger partial charge on any atom is -0.367 e. The van der Waals surface area contributed by atoms with E-state index in [9.17, 15) is 0 Å². The van der Waals surface area contributed by atoms with Crippen molar-refractivity contribution in [1.29, 1.82) is 0 Å². The van der Waals surface area contributed by atoms with Crippen LogP contribution in [-0.2, 0) is 6.54 Å². The van der Waals surface area contributed by atoms with Crippen LogP contribution in [-0.4, -0.2) is 27.6 Å². The molecular formula is C19H21N5S. The van der Waals surface area contributed by atoms with Gasteiger partial charge in [0, 0.05) is 18.8 Å². The first-order valence-electron chi connectivity index (χ1n) is 8.24. The first kappa shape index (κ1) is 17.1. The standard InChI is InChI=1S/C19H21N5S/c1-3-23(14-17-7-5-4-6-8-17)18-11-9-16(10-12-18)13-20-24-15(2)21-22-19(24)25/h4-13H,3,14H2,1-2H3,(H,22,25)/b20-13-. The van der Waals surface area contributed by atoms with Crippen molar-refractivity contribution in [2.24, 2.45) is 5.10 Å². The van der Waals surface area contributed by atoms with Crippen molar-refractivity contribution in [1.82, 2.24) is 14.9 Å². The topological polar surface area (TPSA) is 49.2 Å². The van der Waals surface area contributed by atoms with E-state index in [-0.39, 0.29) is 0 Å². The second-order valence-corrected chi connectivity index (χ2v) is 6.11. The first-order valence-corrected chi connectivity index (χ1v) is 8.65. The van der Waals surface area contributed by atoms with Crippen LogP contribution in [0, 0.1) is 11.7 Å². The van der Waals surface area contributed by atoms with E-state index in [1.54, 1.807) is 10.9 Å². The van der Waals surface area contributed by atoms with Crippen molar-refractivity contribution in [2.75, 3.05) is 11.4 Å². The smallest absolute Gasteiger partial charge is 0.216 e. The maximum absolute atomic E-state index is 5.15. The molecule has 6 heteroatoms. The van der Waals surface area contributed by atoms with Crippen molar-refractivity contribution in [3.05, 3.63) is 76.3 Å². The molecule has 2 aromatic carbocycles. The van der Waals surface area contributed by atoms with Crippen LogP contribution in [0.25, 0.3) is 0 Å². The second kappa shape index (κ2) is 7.90. The van der Waals surface area contributed by atoms with Gasteiger partial charge in [-0.15, -0.1) is 0 Å². The SMILES string of the molecule is CCN(Cc1ccccc1)c1ccc(/C=N\n2c(C)n[nH]c2=S)cc1. The van der Waals surface area contributed by atoms with Gasteiger partial charge in [-0.05, 0) is 49.3 Å². The zero-order valence-electron chi connectivity index (χ0n) is 14.4. The predicted molar refractivity (Wildman–Crippen MR) is 105 cm³/mol. The third-order valence-corrected chi connectivity index (χ3v) is 4.25. The van der Waals surface area contributed by atoms with Gasteiger partial charge in [-0.1, -0.05) is 42.5 Å². The average molecular weight is 351 g/mol. The molecule has 0 aliphatic rings. The van der Waals surface area contributed by atoms with E-state index in [1.807, 2.05) is 13.0 Å². The van der Waals surface area contributed by atoms with Crippen molar-refractivity contribution >= 4 is 24.1 Å². The molecule has 0 bridgehead atoms. The van der Waals surface area contributed by atoms with Crippen LogP contribution in [0.2, 0.25) is 0 Å². The lowest BCUT2D eigenvalue weighted by molar-refractivity contribution is 0.820. The summed E-state index contributed by atoms with van der Waals surface area (Å²) in [6.45, 7) is 5.87. The van der Waals surface area contributed by atoms with Crippen LogP contribution in [0.5, 0.6) is 0 Å². The van der Waals surface area contributed by atoms with Gasteiger partial charge in [-0.3, -0.25) is 5.10 Å². The summed E-state index contributed by atoms with van der Waals surface area (Å²) in [6, 6.07) is 18.9. The lowest BCUT2D eigenvalue weighted by Crippen LogP contribution is -2.21. The predicted octanol–water partition coefficient (Wildman–Crippen LogP) is 4.16. The zero-order valence-corrected chi connectivity index (χ0v) is 15.2. The van der Waals surface area contributed by atoms with Crippen LogP contribution in [0.4, 0.5) is 5.69 Å². The highest BCUT2D eigenvalue weighted by atomic mass is 32.1. The lowest BCUT2D eigenvalue weighted by Gasteiger charge is -2.23. The summed E-state index contributed by atoms with van der Waals surface area (Å²) in [7, 11) is 0. The number of benzene rings is 2. The second-order valence-electron chi connectivity index (χ2n) is 5.72. The summed E-state index contributed by atoms with van der Waals surface area (Å²) in [5.74, 6) is 0.734. The van der Waals surface area contributed by atoms with Gasteiger partial charge in [0.2, 0.25) is 4.77 Å². The number of rotatable bonds is 6. The molecule has 5 nitrogen and oxygen atoms in total. The van der Waals surface area contributed by atoms with E-state index in [2.05, 4.69) is 75.7 Å². The third-order valence-electron chi connectivity index (χ3n) is 3.99. The Bertz CT molecular complexity index is 894. The normalized spacial score (nSPS) is 11.1. The van der Waals surface area contributed by atoms with Gasteiger partial charge in [0.05, 0.1) is 6.21 Å². The summed E-state index contributed by atoms with van der Waals surface area (Å²) >= 11 is 5.15. The molecule has 1 aromatic heterocycles. The van der Waals surface area contributed by atoms with Gasteiger partial charge in [0.15, 0.2) is 0 Å². The number of anilines is 1. The Kier molecular flexibility index (Phi) is 5.40. The third kappa shape index (κ3) is 4.22. The van der Waals surface area contributed by atoms with Gasteiger partial charge < -0.3 is 4.90 Å². The first-order chi connectivity index (χ1) is 12.2. The molecule has 128 valence electrons. The average Bonchev–Trinajstić information content (AvgIpc) is 2.97. The summed E-state index contributed by atoms with van der Waals surface area (Å²) < 4.78 is 2.10. The van der Waals surface area contributed by atoms with Gasteiger partial charge in [-0.25, -0.2) is 0 Å². The fourth-order valence-electron chi connectivity index (χ4n) is 2.59.